The summed E-state index contributed by atoms with van der Waals surface area (Å²) in [5.41, 5.74) is 2.78. The van der Waals surface area contributed by atoms with Crippen LogP contribution in [0.5, 0.6) is 0 Å². The van der Waals surface area contributed by atoms with E-state index >= 15 is 0 Å². The fourth-order valence-electron chi connectivity index (χ4n) is 2.45. The van der Waals surface area contributed by atoms with Gasteiger partial charge in [0.25, 0.3) is 5.91 Å². The first kappa shape index (κ1) is 24.2. The maximum atomic E-state index is 12.1. The Labute approximate surface area is 189 Å². The monoisotopic (exact) mass is 514 g/mol. The number of nitrogens with zero attached hydrogens (tertiary/aromatic N) is 1. The molecule has 0 aliphatic carbocycles. The summed E-state index contributed by atoms with van der Waals surface area (Å²) in [4.78, 5) is 16.7. The van der Waals surface area contributed by atoms with Gasteiger partial charge in [0, 0.05) is 30.2 Å². The Morgan fingerprint density at radius 1 is 1.00 bits per heavy atom. The molecule has 0 fully saturated rings. The van der Waals surface area contributed by atoms with Crippen LogP contribution in [0.1, 0.15) is 41.8 Å². The number of hydrogen-bond donors (Lipinski definition) is 3. The number of carbonyl (C=O) groups excluding carboxylic acids is 1. The molecule has 0 saturated carbocycles. The Kier molecular flexibility index (Phi) is 11.6. The lowest BCUT2D eigenvalue weighted by molar-refractivity contribution is 0.0953. The Morgan fingerprint density at radius 3 is 2.43 bits per heavy atom. The van der Waals surface area contributed by atoms with Crippen molar-refractivity contribution in [2.75, 3.05) is 13.1 Å². The highest BCUT2D eigenvalue weighted by Gasteiger charge is 2.05. The summed E-state index contributed by atoms with van der Waals surface area (Å²) in [5, 5.41) is 10.2. The molecular weight excluding hydrogens is 487 g/mol. The number of guanidine groups is 1. The van der Waals surface area contributed by atoms with Gasteiger partial charge in [-0.3, -0.25) is 4.79 Å². The van der Waals surface area contributed by atoms with E-state index in [1.807, 2.05) is 62.4 Å². The lowest BCUT2D eigenvalue weighted by atomic mass is 10.1. The highest BCUT2D eigenvalue weighted by Crippen LogP contribution is 2.09. The molecule has 0 aliphatic rings. The van der Waals surface area contributed by atoms with Crippen molar-refractivity contribution < 1.29 is 4.79 Å². The second kappa shape index (κ2) is 13.4. The van der Waals surface area contributed by atoms with Crippen molar-refractivity contribution in [3.63, 3.8) is 0 Å². The van der Waals surface area contributed by atoms with Gasteiger partial charge in [-0.25, -0.2) is 4.99 Å². The van der Waals surface area contributed by atoms with Crippen LogP contribution in [0.25, 0.3) is 0 Å². The van der Waals surface area contributed by atoms with E-state index < -0.39 is 0 Å². The van der Waals surface area contributed by atoms with E-state index in [0.29, 0.717) is 25.2 Å². The summed E-state index contributed by atoms with van der Waals surface area (Å²) < 4.78 is 0. The fraction of sp³-hybridized carbons (Fsp3) is 0.333. The van der Waals surface area contributed by atoms with E-state index in [1.54, 1.807) is 0 Å². The van der Waals surface area contributed by atoms with Gasteiger partial charge in [0.2, 0.25) is 0 Å². The van der Waals surface area contributed by atoms with Crippen molar-refractivity contribution in [2.24, 2.45) is 4.99 Å². The molecule has 0 spiro atoms. The summed E-state index contributed by atoms with van der Waals surface area (Å²) in [6, 6.07) is 15.3. The van der Waals surface area contributed by atoms with Crippen molar-refractivity contribution in [3.8, 4) is 0 Å². The molecule has 28 heavy (non-hydrogen) atoms. The topological polar surface area (TPSA) is 65.5 Å². The minimum atomic E-state index is -0.0459. The predicted molar refractivity (Wildman–Crippen MR) is 128 cm³/mol. The molecule has 0 radical (unpaired) electrons. The van der Waals surface area contributed by atoms with Gasteiger partial charge in [-0.05, 0) is 48.7 Å². The summed E-state index contributed by atoms with van der Waals surface area (Å²) in [5.74, 6) is 0.684. The van der Waals surface area contributed by atoms with Gasteiger partial charge in [-0.1, -0.05) is 42.8 Å². The van der Waals surface area contributed by atoms with Gasteiger partial charge in [-0.2, -0.15) is 0 Å². The minimum Gasteiger partial charge on any atom is -0.357 e. The van der Waals surface area contributed by atoms with Crippen LogP contribution in [0.3, 0.4) is 0 Å². The van der Waals surface area contributed by atoms with Crippen LogP contribution in [0.15, 0.2) is 53.5 Å². The molecule has 0 heterocycles. The number of benzene rings is 2. The van der Waals surface area contributed by atoms with Crippen molar-refractivity contribution in [2.45, 2.75) is 33.4 Å². The first-order valence-electron chi connectivity index (χ1n) is 9.26. The van der Waals surface area contributed by atoms with Gasteiger partial charge < -0.3 is 16.0 Å². The number of carbonyl (C=O) groups is 1. The smallest absolute Gasteiger partial charge is 0.251 e. The molecule has 0 unspecified atom stereocenters. The molecule has 0 bridgehead atoms. The van der Waals surface area contributed by atoms with E-state index in [9.17, 15) is 4.79 Å². The molecule has 1 amide bonds. The number of rotatable bonds is 8. The van der Waals surface area contributed by atoms with Crippen LogP contribution in [0, 0.1) is 0 Å². The molecule has 2 aromatic rings. The van der Waals surface area contributed by atoms with Crippen molar-refractivity contribution in [1.29, 1.82) is 0 Å². The lowest BCUT2D eigenvalue weighted by Gasteiger charge is -2.12. The maximum absolute atomic E-state index is 12.1. The Morgan fingerprint density at radius 2 is 1.75 bits per heavy atom. The third kappa shape index (κ3) is 8.48. The Bertz CT molecular complexity index is 765. The van der Waals surface area contributed by atoms with Crippen LogP contribution >= 0.6 is 35.6 Å². The van der Waals surface area contributed by atoms with Gasteiger partial charge in [0.15, 0.2) is 5.96 Å². The summed E-state index contributed by atoms with van der Waals surface area (Å²) in [7, 11) is 0. The number of aliphatic imine (C=N–C) groups is 1. The van der Waals surface area contributed by atoms with Gasteiger partial charge in [0.05, 0.1) is 6.54 Å². The standard InChI is InChI=1S/C21H27ClN4O.HI/c1-3-12-24-20(27)18-7-5-6-17(13-18)15-26-21(23-4-2)25-14-16-8-10-19(22)11-9-16;/h5-11,13H,3-4,12,14-15H2,1-2H3,(H,24,27)(H2,23,25,26);1H. The third-order valence-corrected chi connectivity index (χ3v) is 4.11. The molecule has 152 valence electrons. The summed E-state index contributed by atoms with van der Waals surface area (Å²) >= 11 is 5.92. The number of hydrogen-bond acceptors (Lipinski definition) is 2. The number of halogens is 2. The predicted octanol–water partition coefficient (Wildman–Crippen LogP) is 4.35. The Balaban J connectivity index is 0.00000392. The average molecular weight is 515 g/mol. The van der Waals surface area contributed by atoms with E-state index in [0.717, 1.165) is 35.1 Å². The van der Waals surface area contributed by atoms with Crippen molar-refractivity contribution in [1.82, 2.24) is 16.0 Å². The first-order chi connectivity index (χ1) is 13.1. The molecule has 3 N–H and O–H groups in total. The SMILES string of the molecule is CCCNC(=O)c1cccc(CN=C(NCC)NCc2ccc(Cl)cc2)c1.I. The molecule has 0 aliphatic heterocycles. The highest BCUT2D eigenvalue weighted by atomic mass is 127. The minimum absolute atomic E-state index is 0. The lowest BCUT2D eigenvalue weighted by Crippen LogP contribution is -2.36. The molecule has 0 saturated heterocycles. The molecule has 2 rings (SSSR count). The average Bonchev–Trinajstić information content (AvgIpc) is 2.69. The molecule has 2 aromatic carbocycles. The largest absolute Gasteiger partial charge is 0.357 e. The normalized spacial score (nSPS) is 10.8. The molecule has 0 aromatic heterocycles. The zero-order chi connectivity index (χ0) is 19.5. The van der Waals surface area contributed by atoms with Crippen LogP contribution in [-0.2, 0) is 13.1 Å². The molecule has 0 atom stereocenters. The van der Waals surface area contributed by atoms with Gasteiger partial charge >= 0.3 is 0 Å². The number of amides is 1. The van der Waals surface area contributed by atoms with Crippen LogP contribution in [0.4, 0.5) is 0 Å². The summed E-state index contributed by atoms with van der Waals surface area (Å²) in [6.07, 6.45) is 0.918. The van der Waals surface area contributed by atoms with E-state index in [2.05, 4.69) is 20.9 Å². The maximum Gasteiger partial charge on any atom is 0.251 e. The highest BCUT2D eigenvalue weighted by molar-refractivity contribution is 14.0. The number of nitrogens with one attached hydrogen (secondary N) is 3. The zero-order valence-corrected chi connectivity index (χ0v) is 19.4. The molecule has 7 heteroatoms. The van der Waals surface area contributed by atoms with E-state index in [1.165, 1.54) is 0 Å². The summed E-state index contributed by atoms with van der Waals surface area (Å²) in [6.45, 7) is 6.66. The van der Waals surface area contributed by atoms with Crippen LogP contribution < -0.4 is 16.0 Å². The van der Waals surface area contributed by atoms with Crippen LogP contribution in [-0.4, -0.2) is 25.0 Å². The molecule has 5 nitrogen and oxygen atoms in total. The van der Waals surface area contributed by atoms with Crippen molar-refractivity contribution in [3.05, 3.63) is 70.2 Å². The fourth-order valence-corrected chi connectivity index (χ4v) is 2.58. The second-order valence-corrected chi connectivity index (χ2v) is 6.57. The van der Waals surface area contributed by atoms with E-state index in [4.69, 9.17) is 11.6 Å². The Hall–Kier alpha value is -1.80. The van der Waals surface area contributed by atoms with E-state index in [-0.39, 0.29) is 29.9 Å². The van der Waals surface area contributed by atoms with Crippen LogP contribution in [0.2, 0.25) is 5.02 Å². The second-order valence-electron chi connectivity index (χ2n) is 6.13. The zero-order valence-electron chi connectivity index (χ0n) is 16.3. The van der Waals surface area contributed by atoms with Gasteiger partial charge in [-0.15, -0.1) is 24.0 Å². The third-order valence-electron chi connectivity index (χ3n) is 3.86. The first-order valence-corrected chi connectivity index (χ1v) is 9.64. The van der Waals surface area contributed by atoms with Gasteiger partial charge in [0.1, 0.15) is 0 Å². The van der Waals surface area contributed by atoms with Crippen molar-refractivity contribution >= 4 is 47.4 Å². The molecular formula is C21H28ClIN4O. The quantitative estimate of drug-likeness (QED) is 0.279.